The second-order valence-electron chi connectivity index (χ2n) is 5.46. The van der Waals surface area contributed by atoms with Gasteiger partial charge in [0.25, 0.3) is 0 Å². The summed E-state index contributed by atoms with van der Waals surface area (Å²) in [5.41, 5.74) is 1.95. The molecule has 1 heterocycles. The molecule has 0 saturated carbocycles. The van der Waals surface area contributed by atoms with Crippen LogP contribution in [0.1, 0.15) is 30.6 Å². The summed E-state index contributed by atoms with van der Waals surface area (Å²) in [6.07, 6.45) is 0.450. The van der Waals surface area contributed by atoms with E-state index in [0.717, 1.165) is 11.1 Å². The molecule has 0 N–H and O–H groups in total. The van der Waals surface area contributed by atoms with Gasteiger partial charge in [-0.3, -0.25) is 0 Å². The molecule has 1 aliphatic rings. The van der Waals surface area contributed by atoms with Crippen molar-refractivity contribution >= 4 is 0 Å². The summed E-state index contributed by atoms with van der Waals surface area (Å²) in [5, 5.41) is 0. The molecule has 1 aliphatic heterocycles. The van der Waals surface area contributed by atoms with Crippen molar-refractivity contribution in [2.75, 3.05) is 20.8 Å². The predicted octanol–water partition coefficient (Wildman–Crippen LogP) is 4.05. The highest BCUT2D eigenvalue weighted by molar-refractivity contribution is 5.50. The highest BCUT2D eigenvalue weighted by atomic mass is 16.7. The van der Waals surface area contributed by atoms with Crippen molar-refractivity contribution in [3.05, 3.63) is 59.7 Å². The molecule has 2 atom stereocenters. The van der Waals surface area contributed by atoms with Crippen LogP contribution < -0.4 is 9.47 Å². The molecule has 0 fully saturated rings. The van der Waals surface area contributed by atoms with Crippen molar-refractivity contribution in [2.24, 2.45) is 0 Å². The lowest BCUT2D eigenvalue weighted by molar-refractivity contribution is -0.206. The lowest BCUT2D eigenvalue weighted by atomic mass is 9.91. The zero-order valence-electron chi connectivity index (χ0n) is 13.7. The molecule has 2 unspecified atom stereocenters. The van der Waals surface area contributed by atoms with Gasteiger partial charge in [-0.2, -0.15) is 0 Å². The number of benzene rings is 2. The number of methoxy groups -OCH3 is 2. The van der Waals surface area contributed by atoms with Crippen molar-refractivity contribution in [1.29, 1.82) is 0 Å². The normalized spacial score (nSPS) is 23.0. The summed E-state index contributed by atoms with van der Waals surface area (Å²) >= 11 is 0. The van der Waals surface area contributed by atoms with Gasteiger partial charge in [-0.25, -0.2) is 0 Å². The number of hydrogen-bond acceptors (Lipinski definition) is 4. The lowest BCUT2D eigenvalue weighted by Crippen LogP contribution is -2.40. The Morgan fingerprint density at radius 1 is 1.09 bits per heavy atom. The third kappa shape index (κ3) is 2.80. The Balaban J connectivity index is 2.11. The van der Waals surface area contributed by atoms with Crippen LogP contribution >= 0.6 is 0 Å². The van der Waals surface area contributed by atoms with E-state index in [1.165, 1.54) is 0 Å². The van der Waals surface area contributed by atoms with Crippen LogP contribution in [0.4, 0.5) is 0 Å². The molecule has 3 rings (SSSR count). The van der Waals surface area contributed by atoms with E-state index in [1.807, 2.05) is 55.5 Å². The van der Waals surface area contributed by atoms with Crippen LogP contribution in [0.3, 0.4) is 0 Å². The Bertz CT molecular complexity index is 656. The number of rotatable bonds is 5. The molecule has 4 heteroatoms. The summed E-state index contributed by atoms with van der Waals surface area (Å²) < 4.78 is 23.6. The topological polar surface area (TPSA) is 36.9 Å². The van der Waals surface area contributed by atoms with Crippen molar-refractivity contribution in [1.82, 2.24) is 0 Å². The van der Waals surface area contributed by atoms with Crippen molar-refractivity contribution in [2.45, 2.75) is 25.2 Å². The Hall–Kier alpha value is -2.04. The fraction of sp³-hybridized carbons (Fsp3) is 0.368. The van der Waals surface area contributed by atoms with Crippen molar-refractivity contribution < 1.29 is 18.9 Å². The van der Waals surface area contributed by atoms with E-state index in [-0.39, 0.29) is 6.10 Å². The fourth-order valence-electron chi connectivity index (χ4n) is 3.05. The third-order valence-corrected chi connectivity index (χ3v) is 4.21. The van der Waals surface area contributed by atoms with E-state index < -0.39 is 5.79 Å². The minimum absolute atomic E-state index is 0.126. The van der Waals surface area contributed by atoms with Gasteiger partial charge in [0.05, 0.1) is 12.7 Å². The van der Waals surface area contributed by atoms with Gasteiger partial charge in [-0.1, -0.05) is 42.5 Å². The molecular weight excluding hydrogens is 292 g/mol. The Morgan fingerprint density at radius 2 is 1.87 bits per heavy atom. The highest BCUT2D eigenvalue weighted by Gasteiger charge is 2.44. The molecule has 23 heavy (non-hydrogen) atoms. The number of hydrogen-bond donors (Lipinski definition) is 0. The molecule has 0 aromatic heterocycles. The van der Waals surface area contributed by atoms with Gasteiger partial charge in [0.15, 0.2) is 11.5 Å². The third-order valence-electron chi connectivity index (χ3n) is 4.21. The second kappa shape index (κ2) is 6.60. The first-order valence-electron chi connectivity index (χ1n) is 7.82. The van der Waals surface area contributed by atoms with E-state index in [1.54, 1.807) is 14.2 Å². The maximum atomic E-state index is 6.34. The van der Waals surface area contributed by atoms with Crippen LogP contribution in [0, 0.1) is 0 Å². The predicted molar refractivity (Wildman–Crippen MR) is 87.7 cm³/mol. The monoisotopic (exact) mass is 314 g/mol. The van der Waals surface area contributed by atoms with E-state index in [4.69, 9.17) is 18.9 Å². The van der Waals surface area contributed by atoms with E-state index >= 15 is 0 Å². The highest BCUT2D eigenvalue weighted by Crippen LogP contribution is 2.49. The summed E-state index contributed by atoms with van der Waals surface area (Å²) in [4.78, 5) is 0. The molecular formula is C19H22O4. The molecule has 0 radical (unpaired) electrons. The lowest BCUT2D eigenvalue weighted by Gasteiger charge is -2.41. The van der Waals surface area contributed by atoms with E-state index in [2.05, 4.69) is 0 Å². The molecule has 2 aromatic rings. The van der Waals surface area contributed by atoms with Gasteiger partial charge in [0.1, 0.15) is 0 Å². The van der Waals surface area contributed by atoms with Gasteiger partial charge in [-0.05, 0) is 13.0 Å². The molecule has 0 bridgehead atoms. The standard InChI is InChI=1S/C19H22O4/c1-4-22-16-12-8-11-15-17(20-2)13-19(21-3,23-18(15)16)14-9-6-5-7-10-14/h5-12,17H,4,13H2,1-3H3. The van der Waals surface area contributed by atoms with E-state index in [0.29, 0.717) is 24.5 Å². The summed E-state index contributed by atoms with van der Waals surface area (Å²) in [5.74, 6) is 0.518. The maximum absolute atomic E-state index is 6.34. The molecule has 0 aliphatic carbocycles. The van der Waals surface area contributed by atoms with Gasteiger partial charge in [0, 0.05) is 31.8 Å². The number of fused-ring (bicyclic) bond motifs is 1. The molecule has 4 nitrogen and oxygen atoms in total. The Morgan fingerprint density at radius 3 is 2.52 bits per heavy atom. The average molecular weight is 314 g/mol. The molecule has 0 spiro atoms. The van der Waals surface area contributed by atoms with Crippen LogP contribution in [0.5, 0.6) is 11.5 Å². The SMILES string of the molecule is CCOc1cccc2c1OC(OC)(c1ccccc1)CC2OC. The first kappa shape index (κ1) is 15.8. The second-order valence-corrected chi connectivity index (χ2v) is 5.46. The minimum Gasteiger partial charge on any atom is -0.490 e. The summed E-state index contributed by atoms with van der Waals surface area (Å²) in [6, 6.07) is 15.8. The maximum Gasteiger partial charge on any atom is 0.240 e. The zero-order valence-corrected chi connectivity index (χ0v) is 13.7. The quantitative estimate of drug-likeness (QED) is 0.834. The van der Waals surface area contributed by atoms with Crippen LogP contribution in [-0.4, -0.2) is 20.8 Å². The first-order valence-corrected chi connectivity index (χ1v) is 7.82. The first-order chi connectivity index (χ1) is 11.2. The van der Waals surface area contributed by atoms with Gasteiger partial charge in [0.2, 0.25) is 5.79 Å². The minimum atomic E-state index is -0.887. The van der Waals surface area contributed by atoms with E-state index in [9.17, 15) is 0 Å². The van der Waals surface area contributed by atoms with Crippen LogP contribution in [-0.2, 0) is 15.3 Å². The zero-order chi connectivity index (χ0) is 16.3. The smallest absolute Gasteiger partial charge is 0.240 e. The van der Waals surface area contributed by atoms with Crippen LogP contribution in [0.25, 0.3) is 0 Å². The van der Waals surface area contributed by atoms with Gasteiger partial charge in [-0.15, -0.1) is 0 Å². The Labute approximate surface area is 136 Å². The molecule has 122 valence electrons. The van der Waals surface area contributed by atoms with Gasteiger partial charge < -0.3 is 18.9 Å². The summed E-state index contributed by atoms with van der Waals surface area (Å²) in [7, 11) is 3.37. The number of ether oxygens (including phenoxy) is 4. The number of para-hydroxylation sites is 1. The average Bonchev–Trinajstić information content (AvgIpc) is 2.62. The van der Waals surface area contributed by atoms with Crippen molar-refractivity contribution in [3.8, 4) is 11.5 Å². The molecule has 2 aromatic carbocycles. The van der Waals surface area contributed by atoms with Gasteiger partial charge >= 0.3 is 0 Å². The fourth-order valence-corrected chi connectivity index (χ4v) is 3.05. The van der Waals surface area contributed by atoms with Crippen LogP contribution in [0.2, 0.25) is 0 Å². The van der Waals surface area contributed by atoms with Crippen molar-refractivity contribution in [3.63, 3.8) is 0 Å². The summed E-state index contributed by atoms with van der Waals surface area (Å²) in [6.45, 7) is 2.53. The molecule has 0 saturated heterocycles. The molecule has 0 amide bonds. The largest absolute Gasteiger partial charge is 0.490 e. The van der Waals surface area contributed by atoms with Crippen LogP contribution in [0.15, 0.2) is 48.5 Å². The Kier molecular flexibility index (Phi) is 4.55.